The van der Waals surface area contributed by atoms with Crippen LogP contribution in [-0.4, -0.2) is 25.6 Å². The molecule has 0 aliphatic carbocycles. The van der Waals surface area contributed by atoms with Gasteiger partial charge in [0.15, 0.2) is 15.6 Å². The first-order valence-electron chi connectivity index (χ1n) is 6.99. The van der Waals surface area contributed by atoms with E-state index in [1.165, 1.54) is 0 Å². The molecule has 2 rings (SSSR count). The Balaban J connectivity index is 2.71. The average molecular weight is 412 g/mol. The number of hydrogen-bond acceptors (Lipinski definition) is 4. The minimum atomic E-state index is -5.00. The van der Waals surface area contributed by atoms with E-state index in [9.17, 15) is 44.7 Å². The molecular formula is C16H10F6O4S. The maximum absolute atomic E-state index is 12.9. The van der Waals surface area contributed by atoms with Crippen LogP contribution in [0.2, 0.25) is 0 Å². The summed E-state index contributed by atoms with van der Waals surface area (Å²) in [6.07, 6.45) is -9.36. The molecule has 0 amide bonds. The number of ketones is 1. The molecule has 0 bridgehead atoms. The Hall–Kier alpha value is -2.56. The molecule has 0 saturated carbocycles. The number of hydrogen-bond donors (Lipinski definition) is 1. The normalized spacial score (nSPS) is 12.9. The molecule has 0 saturated heterocycles. The number of carbonyl (C=O) groups excluding carboxylic acids is 1. The third-order valence-electron chi connectivity index (χ3n) is 3.54. The SMILES string of the molecule is CS(=O)(=O)c1cc(C(F)(F)F)ccc1C(=O)c1cccc(C(F)(F)F)c1O. The van der Waals surface area contributed by atoms with Gasteiger partial charge in [0, 0.05) is 11.8 Å². The van der Waals surface area contributed by atoms with Crippen molar-refractivity contribution < 1.29 is 44.7 Å². The lowest BCUT2D eigenvalue weighted by Crippen LogP contribution is -2.14. The molecule has 146 valence electrons. The van der Waals surface area contributed by atoms with Crippen LogP contribution >= 0.6 is 0 Å². The lowest BCUT2D eigenvalue weighted by molar-refractivity contribution is -0.139. The molecule has 0 fully saturated rings. The molecule has 27 heavy (non-hydrogen) atoms. The van der Waals surface area contributed by atoms with Crippen molar-refractivity contribution in [1.29, 1.82) is 0 Å². The van der Waals surface area contributed by atoms with Crippen LogP contribution in [-0.2, 0) is 22.2 Å². The maximum atomic E-state index is 12.9. The average Bonchev–Trinajstić information content (AvgIpc) is 2.51. The van der Waals surface area contributed by atoms with Gasteiger partial charge in [-0.3, -0.25) is 4.79 Å². The monoisotopic (exact) mass is 412 g/mol. The molecule has 0 spiro atoms. The summed E-state index contributed by atoms with van der Waals surface area (Å²) in [5.74, 6) is -2.82. The second-order valence-electron chi connectivity index (χ2n) is 5.51. The second kappa shape index (κ2) is 6.55. The van der Waals surface area contributed by atoms with E-state index in [1.54, 1.807) is 0 Å². The fourth-order valence-corrected chi connectivity index (χ4v) is 3.19. The van der Waals surface area contributed by atoms with Crippen molar-refractivity contribution in [2.75, 3.05) is 6.26 Å². The summed E-state index contributed by atoms with van der Waals surface area (Å²) in [5.41, 5.74) is -4.58. The van der Waals surface area contributed by atoms with Crippen molar-refractivity contribution in [3.05, 3.63) is 58.7 Å². The highest BCUT2D eigenvalue weighted by molar-refractivity contribution is 7.90. The summed E-state index contributed by atoms with van der Waals surface area (Å²) in [5, 5.41) is 9.76. The quantitative estimate of drug-likeness (QED) is 0.610. The van der Waals surface area contributed by atoms with Crippen molar-refractivity contribution >= 4 is 15.6 Å². The van der Waals surface area contributed by atoms with E-state index in [0.29, 0.717) is 24.5 Å². The predicted molar refractivity (Wildman–Crippen MR) is 81.1 cm³/mol. The summed E-state index contributed by atoms with van der Waals surface area (Å²) < 4.78 is 101. The Morgan fingerprint density at radius 1 is 0.926 bits per heavy atom. The topological polar surface area (TPSA) is 71.4 Å². The molecule has 0 radical (unpaired) electrons. The van der Waals surface area contributed by atoms with Crippen LogP contribution in [0, 0.1) is 0 Å². The molecule has 2 aromatic carbocycles. The maximum Gasteiger partial charge on any atom is 0.419 e. The number of aromatic hydroxyl groups is 1. The zero-order valence-corrected chi connectivity index (χ0v) is 14.1. The van der Waals surface area contributed by atoms with E-state index in [0.717, 1.165) is 12.1 Å². The lowest BCUT2D eigenvalue weighted by atomic mass is 9.98. The van der Waals surface area contributed by atoms with Gasteiger partial charge in [0.25, 0.3) is 0 Å². The highest BCUT2D eigenvalue weighted by atomic mass is 32.2. The van der Waals surface area contributed by atoms with E-state index in [2.05, 4.69) is 0 Å². The molecule has 11 heteroatoms. The minimum absolute atomic E-state index is 0.215. The number of halogens is 6. The highest BCUT2D eigenvalue weighted by Crippen LogP contribution is 2.39. The van der Waals surface area contributed by atoms with Crippen molar-refractivity contribution in [2.45, 2.75) is 17.2 Å². The first-order valence-corrected chi connectivity index (χ1v) is 8.88. The summed E-state index contributed by atoms with van der Waals surface area (Å²) in [6, 6.07) is 3.29. The Kier molecular flexibility index (Phi) is 5.04. The largest absolute Gasteiger partial charge is 0.507 e. The van der Waals surface area contributed by atoms with Crippen molar-refractivity contribution in [3.63, 3.8) is 0 Å². The van der Waals surface area contributed by atoms with Gasteiger partial charge in [0.2, 0.25) is 0 Å². The van der Waals surface area contributed by atoms with Crippen molar-refractivity contribution in [3.8, 4) is 5.75 Å². The van der Waals surface area contributed by atoms with Crippen molar-refractivity contribution in [1.82, 2.24) is 0 Å². The number of alkyl halides is 6. The zero-order chi connectivity index (χ0) is 20.8. The number of phenols is 1. The molecule has 0 heterocycles. The standard InChI is InChI=1S/C16H10F6O4S/c1-27(25,26)12-7-8(15(17,18)19)5-6-9(12)13(23)10-3-2-4-11(14(10)24)16(20,21)22/h2-7,24H,1H3. The van der Waals surface area contributed by atoms with Crippen LogP contribution in [0.5, 0.6) is 5.75 Å². The van der Waals surface area contributed by atoms with E-state index < -0.39 is 60.9 Å². The third-order valence-corrected chi connectivity index (χ3v) is 4.68. The Bertz CT molecular complexity index is 1010. The molecule has 0 aliphatic heterocycles. The Labute approximate surface area is 149 Å². The van der Waals surface area contributed by atoms with E-state index in [1.807, 2.05) is 0 Å². The summed E-state index contributed by atoms with van der Waals surface area (Å²) in [6.45, 7) is 0. The first kappa shape index (κ1) is 20.7. The fourth-order valence-electron chi connectivity index (χ4n) is 2.29. The number of para-hydroxylation sites is 1. The van der Waals surface area contributed by atoms with Gasteiger partial charge in [-0.15, -0.1) is 0 Å². The van der Waals surface area contributed by atoms with Gasteiger partial charge in [-0.25, -0.2) is 8.42 Å². The fraction of sp³-hybridized carbons (Fsp3) is 0.188. The molecular weight excluding hydrogens is 402 g/mol. The molecule has 0 atom stereocenters. The number of carbonyl (C=O) groups is 1. The Morgan fingerprint density at radius 2 is 1.52 bits per heavy atom. The first-order chi connectivity index (χ1) is 12.1. The number of phenolic OH excluding ortho intramolecular Hbond substituents is 1. The summed E-state index contributed by atoms with van der Waals surface area (Å²) >= 11 is 0. The van der Waals surface area contributed by atoms with Crippen LogP contribution in [0.1, 0.15) is 27.0 Å². The number of benzene rings is 2. The third kappa shape index (κ3) is 4.24. The van der Waals surface area contributed by atoms with E-state index in [4.69, 9.17) is 0 Å². The van der Waals surface area contributed by atoms with Crippen molar-refractivity contribution in [2.24, 2.45) is 0 Å². The van der Waals surface area contributed by atoms with Gasteiger partial charge in [0.05, 0.1) is 21.6 Å². The lowest BCUT2D eigenvalue weighted by Gasteiger charge is -2.14. The molecule has 4 nitrogen and oxygen atoms in total. The smallest absolute Gasteiger partial charge is 0.419 e. The van der Waals surface area contributed by atoms with Gasteiger partial charge >= 0.3 is 12.4 Å². The van der Waals surface area contributed by atoms with Gasteiger partial charge in [0.1, 0.15) is 5.75 Å². The number of rotatable bonds is 3. The van der Waals surface area contributed by atoms with Gasteiger partial charge in [-0.1, -0.05) is 6.07 Å². The van der Waals surface area contributed by atoms with Gasteiger partial charge < -0.3 is 5.11 Å². The molecule has 2 aromatic rings. The highest BCUT2D eigenvalue weighted by Gasteiger charge is 2.37. The molecule has 0 aliphatic rings. The summed E-state index contributed by atoms with van der Waals surface area (Å²) in [4.78, 5) is 11.5. The van der Waals surface area contributed by atoms with E-state index >= 15 is 0 Å². The van der Waals surface area contributed by atoms with Gasteiger partial charge in [-0.2, -0.15) is 26.3 Å². The number of sulfone groups is 1. The predicted octanol–water partition coefficient (Wildman–Crippen LogP) is 4.06. The van der Waals surface area contributed by atoms with E-state index in [-0.39, 0.29) is 6.07 Å². The van der Waals surface area contributed by atoms with Crippen LogP contribution in [0.4, 0.5) is 26.3 Å². The van der Waals surface area contributed by atoms with Crippen LogP contribution in [0.15, 0.2) is 41.3 Å². The summed E-state index contributed by atoms with van der Waals surface area (Å²) in [7, 11) is -4.35. The van der Waals surface area contributed by atoms with Crippen LogP contribution < -0.4 is 0 Å². The minimum Gasteiger partial charge on any atom is -0.507 e. The molecule has 1 N–H and O–H groups in total. The second-order valence-corrected chi connectivity index (χ2v) is 7.49. The molecule has 0 aromatic heterocycles. The van der Waals surface area contributed by atoms with Gasteiger partial charge in [-0.05, 0) is 30.3 Å². The van der Waals surface area contributed by atoms with Crippen LogP contribution in [0.3, 0.4) is 0 Å². The van der Waals surface area contributed by atoms with Crippen LogP contribution in [0.25, 0.3) is 0 Å². The Morgan fingerprint density at radius 3 is 2.00 bits per heavy atom. The molecule has 0 unspecified atom stereocenters. The zero-order valence-electron chi connectivity index (χ0n) is 13.3.